The van der Waals surface area contributed by atoms with Gasteiger partial charge in [-0.15, -0.1) is 0 Å². The van der Waals surface area contributed by atoms with E-state index in [1.807, 2.05) is 31.4 Å². The number of hydrogen-bond acceptors (Lipinski definition) is 5. The van der Waals surface area contributed by atoms with Gasteiger partial charge in [0.15, 0.2) is 0 Å². The number of likely N-dealkylation sites (tertiary alicyclic amines) is 1. The molecular formula is C14H19N5OS. The van der Waals surface area contributed by atoms with Crippen LogP contribution in [0.15, 0.2) is 18.7 Å². The number of aryl methyl sites for hydroxylation is 1. The van der Waals surface area contributed by atoms with Gasteiger partial charge < -0.3 is 14.8 Å². The molecule has 1 aliphatic heterocycles. The number of amides is 1. The van der Waals surface area contributed by atoms with Crippen molar-refractivity contribution in [3.63, 3.8) is 0 Å². The lowest BCUT2D eigenvalue weighted by Gasteiger charge is -2.33. The maximum absolute atomic E-state index is 12.8. The Morgan fingerprint density at radius 2 is 2.38 bits per heavy atom. The first-order chi connectivity index (χ1) is 10.2. The fourth-order valence-corrected chi connectivity index (χ4v) is 3.56. The highest BCUT2D eigenvalue weighted by Crippen LogP contribution is 2.28. The summed E-state index contributed by atoms with van der Waals surface area (Å²) in [4.78, 5) is 18.8. The van der Waals surface area contributed by atoms with Gasteiger partial charge in [0.25, 0.3) is 5.91 Å². The third-order valence-corrected chi connectivity index (χ3v) is 4.89. The summed E-state index contributed by atoms with van der Waals surface area (Å²) < 4.78 is 6.38. The summed E-state index contributed by atoms with van der Waals surface area (Å²) in [6.07, 6.45) is 7.68. The molecule has 1 amide bonds. The lowest BCUT2D eigenvalue weighted by Crippen LogP contribution is -2.40. The number of nitrogens with one attached hydrogen (secondary N) is 1. The Bertz CT molecular complexity index is 621. The van der Waals surface area contributed by atoms with Crippen LogP contribution >= 0.6 is 11.5 Å². The molecule has 2 aromatic heterocycles. The first-order valence-electron chi connectivity index (χ1n) is 7.11. The standard InChI is InChI=1S/C14H19N5OS/c1-10-12(13(15-2)21-17-10)14(20)18-6-3-4-11(8-18)19-7-5-16-9-19/h5,7,9,11,15H,3-4,6,8H2,1-2H3/t11-/m1/s1. The van der Waals surface area contributed by atoms with Crippen LogP contribution in [0.2, 0.25) is 0 Å². The van der Waals surface area contributed by atoms with E-state index in [0.717, 1.165) is 36.6 Å². The molecule has 1 fully saturated rings. The van der Waals surface area contributed by atoms with Crippen molar-refractivity contribution in [3.8, 4) is 0 Å². The molecule has 3 rings (SSSR count). The molecule has 0 spiro atoms. The predicted octanol–water partition coefficient (Wildman–Crippen LogP) is 2.17. The zero-order chi connectivity index (χ0) is 14.8. The van der Waals surface area contributed by atoms with Crippen molar-refractivity contribution in [3.05, 3.63) is 30.0 Å². The number of carbonyl (C=O) groups is 1. The van der Waals surface area contributed by atoms with Crippen molar-refractivity contribution >= 4 is 22.4 Å². The summed E-state index contributed by atoms with van der Waals surface area (Å²) in [5, 5.41) is 3.92. The second kappa shape index (κ2) is 5.85. The van der Waals surface area contributed by atoms with E-state index in [2.05, 4.69) is 19.2 Å². The highest BCUT2D eigenvalue weighted by molar-refractivity contribution is 7.10. The van der Waals surface area contributed by atoms with Crippen LogP contribution in [0.25, 0.3) is 0 Å². The van der Waals surface area contributed by atoms with Crippen molar-refractivity contribution < 1.29 is 4.79 Å². The minimum Gasteiger partial charge on any atom is -0.378 e. The fraction of sp³-hybridized carbons (Fsp3) is 0.500. The summed E-state index contributed by atoms with van der Waals surface area (Å²) in [5.41, 5.74) is 1.52. The van der Waals surface area contributed by atoms with Gasteiger partial charge in [0.2, 0.25) is 0 Å². The summed E-state index contributed by atoms with van der Waals surface area (Å²) >= 11 is 1.34. The molecule has 2 aromatic rings. The first-order valence-corrected chi connectivity index (χ1v) is 7.88. The Kier molecular flexibility index (Phi) is 3.92. The van der Waals surface area contributed by atoms with Crippen molar-refractivity contribution in [2.75, 3.05) is 25.5 Å². The first kappa shape index (κ1) is 14.1. The number of carbonyl (C=O) groups excluding carboxylic acids is 1. The van der Waals surface area contributed by atoms with E-state index in [-0.39, 0.29) is 5.91 Å². The molecule has 21 heavy (non-hydrogen) atoms. The summed E-state index contributed by atoms with van der Waals surface area (Å²) in [6, 6.07) is 0.315. The van der Waals surface area contributed by atoms with E-state index in [4.69, 9.17) is 0 Å². The van der Waals surface area contributed by atoms with Gasteiger partial charge >= 0.3 is 0 Å². The van der Waals surface area contributed by atoms with Crippen LogP contribution < -0.4 is 5.32 Å². The van der Waals surface area contributed by atoms with Crippen LogP contribution in [-0.4, -0.2) is 44.9 Å². The zero-order valence-corrected chi connectivity index (χ0v) is 13.1. The molecule has 112 valence electrons. The van der Waals surface area contributed by atoms with E-state index in [0.29, 0.717) is 11.6 Å². The van der Waals surface area contributed by atoms with Gasteiger partial charge in [0, 0.05) is 32.5 Å². The highest BCUT2D eigenvalue weighted by Gasteiger charge is 2.28. The van der Waals surface area contributed by atoms with Crippen molar-refractivity contribution in [2.24, 2.45) is 0 Å². The average Bonchev–Trinajstić information content (AvgIpc) is 3.16. The van der Waals surface area contributed by atoms with E-state index in [1.165, 1.54) is 11.5 Å². The van der Waals surface area contributed by atoms with Gasteiger partial charge in [-0.2, -0.15) is 4.37 Å². The maximum atomic E-state index is 12.8. The minimum absolute atomic E-state index is 0.0791. The summed E-state index contributed by atoms with van der Waals surface area (Å²) in [7, 11) is 1.83. The number of rotatable bonds is 3. The molecule has 6 nitrogen and oxygen atoms in total. The third kappa shape index (κ3) is 2.65. The molecule has 1 aliphatic rings. The second-order valence-electron chi connectivity index (χ2n) is 5.28. The van der Waals surface area contributed by atoms with Crippen molar-refractivity contribution in [1.82, 2.24) is 18.8 Å². The molecule has 1 saturated heterocycles. The summed E-state index contributed by atoms with van der Waals surface area (Å²) in [5.74, 6) is 0.0791. The van der Waals surface area contributed by atoms with Gasteiger partial charge in [-0.05, 0) is 31.3 Å². The molecule has 1 atom stereocenters. The van der Waals surface area contributed by atoms with E-state index in [1.54, 1.807) is 6.20 Å². The van der Waals surface area contributed by atoms with Gasteiger partial charge in [0.1, 0.15) is 5.00 Å². The van der Waals surface area contributed by atoms with Crippen LogP contribution in [0.1, 0.15) is 34.9 Å². The molecule has 0 aromatic carbocycles. The second-order valence-corrected chi connectivity index (χ2v) is 6.05. The number of imidazole rings is 1. The number of hydrogen-bond donors (Lipinski definition) is 1. The Hall–Kier alpha value is -1.89. The SMILES string of the molecule is CNc1snc(C)c1C(=O)N1CCC[C@@H](n2ccnc2)C1. The van der Waals surface area contributed by atoms with Crippen LogP contribution in [0.3, 0.4) is 0 Å². The predicted molar refractivity (Wildman–Crippen MR) is 82.8 cm³/mol. The highest BCUT2D eigenvalue weighted by atomic mass is 32.1. The lowest BCUT2D eigenvalue weighted by atomic mass is 10.0. The molecule has 7 heteroatoms. The van der Waals surface area contributed by atoms with Gasteiger partial charge in [-0.3, -0.25) is 4.79 Å². The van der Waals surface area contributed by atoms with Gasteiger partial charge in [-0.1, -0.05) is 0 Å². The number of piperidine rings is 1. The largest absolute Gasteiger partial charge is 0.378 e. The number of anilines is 1. The molecular weight excluding hydrogens is 286 g/mol. The Labute approximate surface area is 128 Å². The molecule has 0 radical (unpaired) electrons. The summed E-state index contributed by atoms with van der Waals surface area (Å²) in [6.45, 7) is 3.43. The van der Waals surface area contributed by atoms with Crippen molar-refractivity contribution in [2.45, 2.75) is 25.8 Å². The fourth-order valence-electron chi connectivity index (χ4n) is 2.82. The topological polar surface area (TPSA) is 63.1 Å². The van der Waals surface area contributed by atoms with Gasteiger partial charge in [-0.25, -0.2) is 4.98 Å². The average molecular weight is 305 g/mol. The molecule has 3 heterocycles. The normalized spacial score (nSPS) is 18.8. The van der Waals surface area contributed by atoms with E-state index >= 15 is 0 Å². The molecule has 0 saturated carbocycles. The van der Waals surface area contributed by atoms with E-state index in [9.17, 15) is 4.79 Å². The quantitative estimate of drug-likeness (QED) is 0.944. The Morgan fingerprint density at radius 1 is 1.52 bits per heavy atom. The molecule has 0 aliphatic carbocycles. The van der Waals surface area contributed by atoms with Crippen LogP contribution in [-0.2, 0) is 0 Å². The lowest BCUT2D eigenvalue weighted by molar-refractivity contribution is 0.0680. The number of nitrogens with zero attached hydrogens (tertiary/aromatic N) is 4. The third-order valence-electron chi connectivity index (χ3n) is 3.93. The smallest absolute Gasteiger partial charge is 0.258 e. The zero-order valence-electron chi connectivity index (χ0n) is 12.2. The van der Waals surface area contributed by atoms with Crippen LogP contribution in [0.5, 0.6) is 0 Å². The Morgan fingerprint density at radius 3 is 3.10 bits per heavy atom. The van der Waals surface area contributed by atoms with Crippen LogP contribution in [0.4, 0.5) is 5.00 Å². The minimum atomic E-state index is 0.0791. The monoisotopic (exact) mass is 305 g/mol. The van der Waals surface area contributed by atoms with Gasteiger partial charge in [0.05, 0.1) is 23.6 Å². The number of aromatic nitrogens is 3. The van der Waals surface area contributed by atoms with E-state index < -0.39 is 0 Å². The molecule has 1 N–H and O–H groups in total. The molecule has 0 bridgehead atoms. The van der Waals surface area contributed by atoms with Crippen molar-refractivity contribution in [1.29, 1.82) is 0 Å². The molecule has 0 unspecified atom stereocenters. The Balaban J connectivity index is 1.80. The maximum Gasteiger partial charge on any atom is 0.258 e. The van der Waals surface area contributed by atoms with Crippen LogP contribution in [0, 0.1) is 6.92 Å².